The highest BCUT2D eigenvalue weighted by atomic mass is 16.7. The Morgan fingerprint density at radius 2 is 1.68 bits per heavy atom. The molecular formula is C22H36BN3O5. The fraction of sp³-hybridized carbons (Fsp3) is 0.773. The quantitative estimate of drug-likeness (QED) is 0.660. The van der Waals surface area contributed by atoms with Crippen molar-refractivity contribution in [1.29, 1.82) is 0 Å². The Labute approximate surface area is 186 Å². The van der Waals surface area contributed by atoms with Gasteiger partial charge in [0.25, 0.3) is 0 Å². The third-order valence-electron chi connectivity index (χ3n) is 6.20. The van der Waals surface area contributed by atoms with Gasteiger partial charge in [-0.2, -0.15) is 0 Å². The van der Waals surface area contributed by atoms with E-state index >= 15 is 0 Å². The Morgan fingerprint density at radius 3 is 2.19 bits per heavy atom. The average molecular weight is 433 g/mol. The maximum absolute atomic E-state index is 12.2. The first-order valence-electron chi connectivity index (χ1n) is 11.1. The van der Waals surface area contributed by atoms with Crippen LogP contribution in [0.15, 0.2) is 12.4 Å². The van der Waals surface area contributed by atoms with Gasteiger partial charge in [0, 0.05) is 30.9 Å². The maximum Gasteiger partial charge on any atom is 0.498 e. The molecule has 0 radical (unpaired) electrons. The number of piperidine rings is 1. The molecule has 31 heavy (non-hydrogen) atoms. The molecule has 9 heteroatoms. The zero-order valence-corrected chi connectivity index (χ0v) is 19.9. The van der Waals surface area contributed by atoms with Crippen LogP contribution in [0.4, 0.5) is 4.79 Å². The van der Waals surface area contributed by atoms with E-state index in [2.05, 4.69) is 9.97 Å². The number of ether oxygens (including phenoxy) is 2. The Hall–Kier alpha value is -1.87. The van der Waals surface area contributed by atoms with Gasteiger partial charge in [0.1, 0.15) is 5.60 Å². The van der Waals surface area contributed by atoms with Crippen molar-refractivity contribution in [2.24, 2.45) is 5.92 Å². The van der Waals surface area contributed by atoms with Crippen LogP contribution in [0.5, 0.6) is 6.01 Å². The number of nitrogens with zero attached hydrogens (tertiary/aromatic N) is 3. The summed E-state index contributed by atoms with van der Waals surface area (Å²) < 4.78 is 23.2. The molecular weight excluding hydrogens is 397 g/mol. The molecule has 1 aromatic rings. The van der Waals surface area contributed by atoms with Gasteiger partial charge in [-0.3, -0.25) is 0 Å². The number of amides is 1. The Kier molecular flexibility index (Phi) is 6.86. The molecule has 2 saturated heterocycles. The molecule has 0 unspecified atom stereocenters. The van der Waals surface area contributed by atoms with Crippen molar-refractivity contribution in [3.05, 3.63) is 12.4 Å². The van der Waals surface area contributed by atoms with Crippen molar-refractivity contribution >= 4 is 18.7 Å². The summed E-state index contributed by atoms with van der Waals surface area (Å²) in [5.74, 6) is 0.516. The number of carbonyl (C=O) groups excluding carboxylic acids is 1. The summed E-state index contributed by atoms with van der Waals surface area (Å²) in [5, 5.41) is 0. The van der Waals surface area contributed by atoms with Gasteiger partial charge in [-0.1, -0.05) is 0 Å². The van der Waals surface area contributed by atoms with Gasteiger partial charge in [0.05, 0.1) is 17.8 Å². The standard InChI is InChI=1S/C22H36BN3O5/c1-20(2,3)29-19(27)26-11-8-16(9-12-26)10-13-28-18-24-14-17(15-25-18)23-30-21(4,5)22(6,7)31-23/h14-16H,8-13H2,1-7H3. The number of aromatic nitrogens is 2. The SMILES string of the molecule is CC(C)(C)OC(=O)N1CCC(CCOc2ncc(B3OC(C)(C)C(C)(C)O3)cn2)CC1. The summed E-state index contributed by atoms with van der Waals surface area (Å²) in [4.78, 5) is 22.6. The molecule has 0 atom stereocenters. The number of likely N-dealkylation sites (tertiary alicyclic amines) is 1. The molecule has 0 aliphatic carbocycles. The van der Waals surface area contributed by atoms with Crippen molar-refractivity contribution in [2.75, 3.05) is 19.7 Å². The van der Waals surface area contributed by atoms with Crippen LogP contribution < -0.4 is 10.2 Å². The van der Waals surface area contributed by atoms with Gasteiger partial charge in [0.15, 0.2) is 0 Å². The maximum atomic E-state index is 12.2. The second kappa shape index (κ2) is 8.94. The highest BCUT2D eigenvalue weighted by Crippen LogP contribution is 2.36. The minimum absolute atomic E-state index is 0.224. The smallest absolute Gasteiger partial charge is 0.463 e. The lowest BCUT2D eigenvalue weighted by molar-refractivity contribution is 0.00578. The van der Waals surface area contributed by atoms with Crippen molar-refractivity contribution in [2.45, 2.75) is 84.5 Å². The van der Waals surface area contributed by atoms with E-state index < -0.39 is 23.9 Å². The fourth-order valence-electron chi connectivity index (χ4n) is 3.55. The van der Waals surface area contributed by atoms with E-state index in [4.69, 9.17) is 18.8 Å². The second-order valence-electron chi connectivity index (χ2n) is 10.4. The van der Waals surface area contributed by atoms with Gasteiger partial charge in [-0.05, 0) is 73.6 Å². The normalized spacial score (nSPS) is 21.3. The van der Waals surface area contributed by atoms with Crippen molar-refractivity contribution in [1.82, 2.24) is 14.9 Å². The highest BCUT2D eigenvalue weighted by Gasteiger charge is 2.52. The number of hydrogen-bond acceptors (Lipinski definition) is 7. The van der Waals surface area contributed by atoms with Crippen molar-refractivity contribution < 1.29 is 23.6 Å². The lowest BCUT2D eigenvalue weighted by Crippen LogP contribution is -2.41. The minimum Gasteiger partial charge on any atom is -0.463 e. The molecule has 0 N–H and O–H groups in total. The Bertz CT molecular complexity index is 739. The molecule has 0 spiro atoms. The van der Waals surface area contributed by atoms with Crippen molar-refractivity contribution in [3.8, 4) is 6.01 Å². The first kappa shape index (κ1) is 23.8. The summed E-state index contributed by atoms with van der Waals surface area (Å²) in [6, 6.07) is 0.353. The molecule has 0 saturated carbocycles. The molecule has 0 aromatic carbocycles. The molecule has 2 aliphatic heterocycles. The highest BCUT2D eigenvalue weighted by molar-refractivity contribution is 6.61. The van der Waals surface area contributed by atoms with Crippen LogP contribution in [0, 0.1) is 5.92 Å². The van der Waals surface area contributed by atoms with Crippen LogP contribution in [0.1, 0.15) is 67.7 Å². The van der Waals surface area contributed by atoms with Gasteiger partial charge in [0.2, 0.25) is 0 Å². The predicted molar refractivity (Wildman–Crippen MR) is 118 cm³/mol. The molecule has 3 heterocycles. The zero-order valence-electron chi connectivity index (χ0n) is 19.9. The third kappa shape index (κ3) is 6.10. The number of carbonyl (C=O) groups is 1. The number of rotatable bonds is 5. The lowest BCUT2D eigenvalue weighted by atomic mass is 9.81. The summed E-state index contributed by atoms with van der Waals surface area (Å²) in [6.45, 7) is 15.7. The molecule has 0 bridgehead atoms. The summed E-state index contributed by atoms with van der Waals surface area (Å²) in [7, 11) is -0.478. The monoisotopic (exact) mass is 433 g/mol. The molecule has 3 rings (SSSR count). The average Bonchev–Trinajstić information content (AvgIpc) is 2.89. The van der Waals surface area contributed by atoms with Gasteiger partial charge < -0.3 is 23.7 Å². The van der Waals surface area contributed by atoms with Gasteiger partial charge in [-0.25, -0.2) is 14.8 Å². The van der Waals surface area contributed by atoms with Gasteiger partial charge in [-0.15, -0.1) is 0 Å². The third-order valence-corrected chi connectivity index (χ3v) is 6.20. The molecule has 8 nitrogen and oxygen atoms in total. The van der Waals surface area contributed by atoms with E-state index in [1.165, 1.54) is 0 Å². The molecule has 2 fully saturated rings. The Balaban J connectivity index is 1.40. The van der Waals surface area contributed by atoms with Crippen molar-refractivity contribution in [3.63, 3.8) is 0 Å². The Morgan fingerprint density at radius 1 is 1.13 bits per heavy atom. The van der Waals surface area contributed by atoms with E-state index in [0.717, 1.165) is 37.8 Å². The van der Waals surface area contributed by atoms with Crippen LogP contribution in [0.2, 0.25) is 0 Å². The summed E-state index contributed by atoms with van der Waals surface area (Å²) >= 11 is 0. The topological polar surface area (TPSA) is 83.0 Å². The minimum atomic E-state index is -0.478. The van der Waals surface area contributed by atoms with E-state index in [9.17, 15) is 4.79 Å². The zero-order chi connectivity index (χ0) is 22.9. The first-order chi connectivity index (χ1) is 14.4. The number of hydrogen-bond donors (Lipinski definition) is 0. The largest absolute Gasteiger partial charge is 0.498 e. The lowest BCUT2D eigenvalue weighted by Gasteiger charge is -2.33. The molecule has 172 valence electrons. The van der Waals surface area contributed by atoms with Crippen LogP contribution in [0.3, 0.4) is 0 Å². The molecule has 1 amide bonds. The molecule has 1 aromatic heterocycles. The van der Waals surface area contributed by atoms with Crippen LogP contribution in [0.25, 0.3) is 0 Å². The van der Waals surface area contributed by atoms with Crippen LogP contribution in [-0.2, 0) is 14.0 Å². The summed E-state index contributed by atoms with van der Waals surface area (Å²) in [6.07, 6.45) is 5.98. The van der Waals surface area contributed by atoms with E-state index in [1.54, 1.807) is 17.3 Å². The fourth-order valence-corrected chi connectivity index (χ4v) is 3.55. The summed E-state index contributed by atoms with van der Waals surface area (Å²) in [5.41, 5.74) is -0.474. The van der Waals surface area contributed by atoms with E-state index in [-0.39, 0.29) is 6.09 Å². The predicted octanol–water partition coefficient (Wildman–Crippen LogP) is 3.19. The molecule has 2 aliphatic rings. The van der Waals surface area contributed by atoms with Gasteiger partial charge >= 0.3 is 19.2 Å². The first-order valence-corrected chi connectivity index (χ1v) is 11.1. The van der Waals surface area contributed by atoms with E-state index in [1.807, 2.05) is 48.5 Å². The van der Waals surface area contributed by atoms with Crippen LogP contribution in [-0.4, -0.2) is 64.6 Å². The second-order valence-corrected chi connectivity index (χ2v) is 10.4. The van der Waals surface area contributed by atoms with E-state index in [0.29, 0.717) is 18.5 Å². The van der Waals surface area contributed by atoms with Crippen LogP contribution >= 0.6 is 0 Å².